The predicted octanol–water partition coefficient (Wildman–Crippen LogP) is 3.29. The second-order valence-electron chi connectivity index (χ2n) is 5.96. The quantitative estimate of drug-likeness (QED) is 0.881. The Morgan fingerprint density at radius 2 is 2.14 bits per heavy atom. The SMILES string of the molecule is CCCn1ccnc1CC(NC)c1ccc2c(c1)CCC2. The van der Waals surface area contributed by atoms with Gasteiger partial charge in [-0.05, 0) is 49.4 Å². The van der Waals surface area contributed by atoms with Crippen molar-refractivity contribution < 1.29 is 0 Å². The molecule has 112 valence electrons. The van der Waals surface area contributed by atoms with Crippen molar-refractivity contribution in [3.63, 3.8) is 0 Å². The summed E-state index contributed by atoms with van der Waals surface area (Å²) < 4.78 is 2.28. The number of aryl methyl sites for hydroxylation is 3. The van der Waals surface area contributed by atoms with Gasteiger partial charge in [0.05, 0.1) is 0 Å². The second-order valence-corrected chi connectivity index (χ2v) is 5.96. The lowest BCUT2D eigenvalue weighted by Crippen LogP contribution is -2.21. The molecule has 0 bridgehead atoms. The molecule has 1 aliphatic carbocycles. The lowest BCUT2D eigenvalue weighted by atomic mass is 9.99. The first-order chi connectivity index (χ1) is 10.3. The number of likely N-dealkylation sites (N-methyl/N-ethyl adjacent to an activating group) is 1. The predicted molar refractivity (Wildman–Crippen MR) is 86.5 cm³/mol. The number of fused-ring (bicyclic) bond motifs is 1. The van der Waals surface area contributed by atoms with Gasteiger partial charge in [-0.25, -0.2) is 4.98 Å². The number of hydrogen-bond acceptors (Lipinski definition) is 2. The van der Waals surface area contributed by atoms with Crippen LogP contribution in [0.3, 0.4) is 0 Å². The normalized spacial score (nSPS) is 15.1. The monoisotopic (exact) mass is 283 g/mol. The Morgan fingerprint density at radius 3 is 2.95 bits per heavy atom. The van der Waals surface area contributed by atoms with E-state index in [-0.39, 0.29) is 0 Å². The zero-order valence-corrected chi connectivity index (χ0v) is 13.1. The zero-order valence-electron chi connectivity index (χ0n) is 13.1. The van der Waals surface area contributed by atoms with Gasteiger partial charge in [0, 0.05) is 31.4 Å². The smallest absolute Gasteiger partial charge is 0.110 e. The summed E-state index contributed by atoms with van der Waals surface area (Å²) in [6.07, 6.45) is 9.90. The minimum Gasteiger partial charge on any atom is -0.335 e. The molecule has 0 fully saturated rings. The molecule has 1 atom stereocenters. The van der Waals surface area contributed by atoms with Crippen molar-refractivity contribution in [3.8, 4) is 0 Å². The molecular weight excluding hydrogens is 258 g/mol. The lowest BCUT2D eigenvalue weighted by molar-refractivity contribution is 0.543. The molecule has 0 saturated carbocycles. The summed E-state index contributed by atoms with van der Waals surface area (Å²) in [6.45, 7) is 3.26. The highest BCUT2D eigenvalue weighted by molar-refractivity contribution is 5.36. The molecule has 0 aliphatic heterocycles. The van der Waals surface area contributed by atoms with Gasteiger partial charge in [-0.15, -0.1) is 0 Å². The van der Waals surface area contributed by atoms with Gasteiger partial charge in [0.2, 0.25) is 0 Å². The fourth-order valence-corrected chi connectivity index (χ4v) is 3.35. The van der Waals surface area contributed by atoms with E-state index in [1.165, 1.54) is 30.7 Å². The molecule has 1 heterocycles. The van der Waals surface area contributed by atoms with E-state index in [4.69, 9.17) is 0 Å². The zero-order chi connectivity index (χ0) is 14.7. The molecule has 0 spiro atoms. The van der Waals surface area contributed by atoms with Crippen LogP contribution in [0.4, 0.5) is 0 Å². The van der Waals surface area contributed by atoms with Gasteiger partial charge in [-0.3, -0.25) is 0 Å². The number of aromatic nitrogens is 2. The van der Waals surface area contributed by atoms with E-state index in [9.17, 15) is 0 Å². The molecule has 1 aliphatic rings. The van der Waals surface area contributed by atoms with Crippen LogP contribution in [0.2, 0.25) is 0 Å². The first kappa shape index (κ1) is 14.3. The first-order valence-electron chi connectivity index (χ1n) is 8.10. The van der Waals surface area contributed by atoms with Gasteiger partial charge in [-0.1, -0.05) is 25.1 Å². The molecule has 1 N–H and O–H groups in total. The van der Waals surface area contributed by atoms with Crippen molar-refractivity contribution in [1.82, 2.24) is 14.9 Å². The fraction of sp³-hybridized carbons (Fsp3) is 0.500. The van der Waals surface area contributed by atoms with E-state index in [0.717, 1.165) is 19.4 Å². The Balaban J connectivity index is 1.80. The summed E-state index contributed by atoms with van der Waals surface area (Å²) in [5.74, 6) is 1.18. The Bertz CT molecular complexity index is 600. The van der Waals surface area contributed by atoms with Crippen molar-refractivity contribution in [2.75, 3.05) is 7.05 Å². The second kappa shape index (κ2) is 6.44. The van der Waals surface area contributed by atoms with E-state index in [1.807, 2.05) is 13.2 Å². The summed E-state index contributed by atoms with van der Waals surface area (Å²) in [5, 5.41) is 3.46. The summed E-state index contributed by atoms with van der Waals surface area (Å²) in [6, 6.07) is 7.35. The maximum atomic E-state index is 4.54. The first-order valence-corrected chi connectivity index (χ1v) is 8.10. The summed E-state index contributed by atoms with van der Waals surface area (Å²) >= 11 is 0. The minimum atomic E-state index is 0.342. The number of nitrogens with zero attached hydrogens (tertiary/aromatic N) is 2. The third-order valence-corrected chi connectivity index (χ3v) is 4.53. The van der Waals surface area contributed by atoms with E-state index in [0.29, 0.717) is 6.04 Å². The number of rotatable bonds is 6. The van der Waals surface area contributed by atoms with Crippen LogP contribution in [-0.2, 0) is 25.8 Å². The van der Waals surface area contributed by atoms with Crippen LogP contribution in [0.1, 0.15) is 48.3 Å². The molecule has 3 rings (SSSR count). The maximum Gasteiger partial charge on any atom is 0.110 e. The van der Waals surface area contributed by atoms with Gasteiger partial charge in [0.1, 0.15) is 5.82 Å². The topological polar surface area (TPSA) is 29.9 Å². The number of imidazole rings is 1. The van der Waals surface area contributed by atoms with Crippen molar-refractivity contribution >= 4 is 0 Å². The molecule has 21 heavy (non-hydrogen) atoms. The van der Waals surface area contributed by atoms with Crippen molar-refractivity contribution in [3.05, 3.63) is 53.1 Å². The highest BCUT2D eigenvalue weighted by atomic mass is 15.1. The lowest BCUT2D eigenvalue weighted by Gasteiger charge is -2.18. The number of hydrogen-bond donors (Lipinski definition) is 1. The van der Waals surface area contributed by atoms with E-state index in [2.05, 4.69) is 46.2 Å². The van der Waals surface area contributed by atoms with E-state index < -0.39 is 0 Å². The van der Waals surface area contributed by atoms with Crippen LogP contribution < -0.4 is 5.32 Å². The standard InChI is InChI=1S/C18H25N3/c1-3-10-21-11-9-20-18(21)13-17(19-2)16-8-7-14-5-4-6-15(14)12-16/h7-9,11-12,17,19H,3-6,10,13H2,1-2H3. The van der Waals surface area contributed by atoms with Gasteiger partial charge in [0.25, 0.3) is 0 Å². The number of nitrogens with one attached hydrogen (secondary N) is 1. The largest absolute Gasteiger partial charge is 0.335 e. The van der Waals surface area contributed by atoms with Crippen LogP contribution in [0.15, 0.2) is 30.6 Å². The van der Waals surface area contributed by atoms with Gasteiger partial charge >= 0.3 is 0 Å². The van der Waals surface area contributed by atoms with Crippen LogP contribution in [0.5, 0.6) is 0 Å². The average molecular weight is 283 g/mol. The molecule has 0 amide bonds. The van der Waals surface area contributed by atoms with Crippen LogP contribution in [0, 0.1) is 0 Å². The van der Waals surface area contributed by atoms with Crippen LogP contribution in [-0.4, -0.2) is 16.6 Å². The molecule has 2 aromatic rings. The van der Waals surface area contributed by atoms with Gasteiger partial charge in [0.15, 0.2) is 0 Å². The fourth-order valence-electron chi connectivity index (χ4n) is 3.35. The van der Waals surface area contributed by atoms with Gasteiger partial charge in [-0.2, -0.15) is 0 Å². The molecule has 0 radical (unpaired) electrons. The summed E-state index contributed by atoms with van der Waals surface area (Å²) in [7, 11) is 2.05. The Hall–Kier alpha value is -1.61. The van der Waals surface area contributed by atoms with Crippen LogP contribution >= 0.6 is 0 Å². The molecular formula is C18H25N3. The van der Waals surface area contributed by atoms with E-state index in [1.54, 1.807) is 11.1 Å². The van der Waals surface area contributed by atoms with Crippen molar-refractivity contribution in [2.45, 2.75) is 51.6 Å². The highest BCUT2D eigenvalue weighted by Crippen LogP contribution is 2.26. The van der Waals surface area contributed by atoms with Crippen LogP contribution in [0.25, 0.3) is 0 Å². The Labute approximate surface area is 127 Å². The molecule has 3 heteroatoms. The summed E-state index contributed by atoms with van der Waals surface area (Å²) in [5.41, 5.74) is 4.48. The minimum absolute atomic E-state index is 0.342. The Morgan fingerprint density at radius 1 is 1.29 bits per heavy atom. The summed E-state index contributed by atoms with van der Waals surface area (Å²) in [4.78, 5) is 4.54. The molecule has 1 unspecified atom stereocenters. The van der Waals surface area contributed by atoms with Gasteiger partial charge < -0.3 is 9.88 Å². The van der Waals surface area contributed by atoms with Crippen molar-refractivity contribution in [1.29, 1.82) is 0 Å². The third-order valence-electron chi connectivity index (χ3n) is 4.53. The van der Waals surface area contributed by atoms with Crippen molar-refractivity contribution in [2.24, 2.45) is 0 Å². The molecule has 0 saturated heterocycles. The van der Waals surface area contributed by atoms with E-state index >= 15 is 0 Å². The third kappa shape index (κ3) is 3.03. The molecule has 3 nitrogen and oxygen atoms in total. The highest BCUT2D eigenvalue weighted by Gasteiger charge is 2.17. The maximum absolute atomic E-state index is 4.54. The average Bonchev–Trinajstić information content (AvgIpc) is 3.13. The molecule has 1 aromatic carbocycles. The Kier molecular flexibility index (Phi) is 4.39. The number of benzene rings is 1. The molecule has 1 aromatic heterocycles.